The summed E-state index contributed by atoms with van der Waals surface area (Å²) in [5.74, 6) is 0.199. The third-order valence-corrected chi connectivity index (χ3v) is 5.50. The minimum atomic E-state index is -0.327. The van der Waals surface area contributed by atoms with Crippen LogP contribution in [0.2, 0.25) is 0 Å². The van der Waals surface area contributed by atoms with E-state index in [2.05, 4.69) is 10.4 Å². The molecule has 0 spiro atoms. The van der Waals surface area contributed by atoms with Crippen LogP contribution in [0.3, 0.4) is 0 Å². The molecule has 2 saturated carbocycles. The average molecular weight is 327 g/mol. The Balaban J connectivity index is 1.50. The van der Waals surface area contributed by atoms with Gasteiger partial charge in [-0.1, -0.05) is 25.0 Å². The maximum atomic E-state index is 13.2. The molecule has 0 saturated heterocycles. The van der Waals surface area contributed by atoms with Gasteiger partial charge in [0.25, 0.3) is 0 Å². The summed E-state index contributed by atoms with van der Waals surface area (Å²) in [4.78, 5) is 12.8. The second kappa shape index (κ2) is 5.72. The van der Waals surface area contributed by atoms with Gasteiger partial charge in [0.2, 0.25) is 5.91 Å². The molecule has 2 aliphatic rings. The standard InChI is InChI=1S/C19H22FN3O/c1-23-12-13(11-21-23)16-10-17(16)18(24)22-19(8-2-3-9-19)14-4-6-15(20)7-5-14/h4-7,11-12,16-17H,2-3,8-10H2,1H3,(H,22,24)/t16-,17-/m0/s1. The molecule has 2 fully saturated rings. The van der Waals surface area contributed by atoms with Crippen molar-refractivity contribution >= 4 is 5.91 Å². The number of hydrogen-bond acceptors (Lipinski definition) is 2. The summed E-state index contributed by atoms with van der Waals surface area (Å²) in [6.45, 7) is 0. The maximum Gasteiger partial charge on any atom is 0.224 e. The topological polar surface area (TPSA) is 46.9 Å². The van der Waals surface area contributed by atoms with Crippen LogP contribution in [0.1, 0.15) is 49.1 Å². The molecular weight excluding hydrogens is 305 g/mol. The number of carbonyl (C=O) groups is 1. The van der Waals surface area contributed by atoms with Gasteiger partial charge in [-0.25, -0.2) is 4.39 Å². The van der Waals surface area contributed by atoms with E-state index in [0.29, 0.717) is 0 Å². The monoisotopic (exact) mass is 327 g/mol. The van der Waals surface area contributed by atoms with Gasteiger partial charge in [0.15, 0.2) is 0 Å². The van der Waals surface area contributed by atoms with Crippen molar-refractivity contribution in [1.82, 2.24) is 15.1 Å². The van der Waals surface area contributed by atoms with Crippen molar-refractivity contribution in [1.29, 1.82) is 0 Å². The molecule has 1 N–H and O–H groups in total. The van der Waals surface area contributed by atoms with E-state index in [9.17, 15) is 9.18 Å². The van der Waals surface area contributed by atoms with Gasteiger partial charge in [-0.2, -0.15) is 5.10 Å². The molecule has 0 radical (unpaired) electrons. The third kappa shape index (κ3) is 2.72. The predicted octanol–water partition coefficient (Wildman–Crippen LogP) is 3.25. The Morgan fingerprint density at radius 2 is 2.00 bits per heavy atom. The van der Waals surface area contributed by atoms with Gasteiger partial charge >= 0.3 is 0 Å². The zero-order valence-corrected chi connectivity index (χ0v) is 13.8. The molecule has 2 atom stereocenters. The molecule has 5 heteroatoms. The highest BCUT2D eigenvalue weighted by Gasteiger charge is 2.47. The van der Waals surface area contributed by atoms with Gasteiger partial charge in [-0.05, 0) is 48.4 Å². The summed E-state index contributed by atoms with van der Waals surface area (Å²) in [5, 5.41) is 7.50. The Hall–Kier alpha value is -2.17. The maximum absolute atomic E-state index is 13.2. The SMILES string of the molecule is Cn1cc([C@@H]2C[C@@H]2C(=O)NC2(c3ccc(F)cc3)CCCC2)cn1. The number of amides is 1. The Bertz CT molecular complexity index is 746. The highest BCUT2D eigenvalue weighted by Crippen LogP contribution is 2.48. The zero-order chi connectivity index (χ0) is 16.7. The minimum absolute atomic E-state index is 0.0344. The lowest BCUT2D eigenvalue weighted by molar-refractivity contribution is -0.124. The Kier molecular flexibility index (Phi) is 3.66. The first-order chi connectivity index (χ1) is 11.6. The summed E-state index contributed by atoms with van der Waals surface area (Å²) < 4.78 is 15.0. The molecule has 1 aromatic heterocycles. The van der Waals surface area contributed by atoms with Crippen LogP contribution >= 0.6 is 0 Å². The molecule has 126 valence electrons. The largest absolute Gasteiger partial charge is 0.346 e. The van der Waals surface area contributed by atoms with Crippen molar-refractivity contribution in [3.63, 3.8) is 0 Å². The van der Waals surface area contributed by atoms with Crippen molar-refractivity contribution < 1.29 is 9.18 Å². The van der Waals surface area contributed by atoms with Gasteiger partial charge in [-0.3, -0.25) is 9.48 Å². The lowest BCUT2D eigenvalue weighted by atomic mass is 9.87. The second-order valence-corrected chi connectivity index (χ2v) is 7.18. The molecular formula is C19H22FN3O. The van der Waals surface area contributed by atoms with Crippen LogP contribution in [-0.4, -0.2) is 15.7 Å². The number of nitrogens with one attached hydrogen (secondary N) is 1. The van der Waals surface area contributed by atoms with Crippen LogP contribution in [0, 0.1) is 11.7 Å². The fourth-order valence-electron chi connectivity index (χ4n) is 4.05. The Morgan fingerprint density at radius 3 is 2.62 bits per heavy atom. The van der Waals surface area contributed by atoms with E-state index < -0.39 is 0 Å². The fraction of sp³-hybridized carbons (Fsp3) is 0.474. The smallest absolute Gasteiger partial charge is 0.224 e. The second-order valence-electron chi connectivity index (χ2n) is 7.18. The van der Waals surface area contributed by atoms with Crippen molar-refractivity contribution in [3.05, 3.63) is 53.6 Å². The number of halogens is 1. The Morgan fingerprint density at radius 1 is 1.29 bits per heavy atom. The first-order valence-corrected chi connectivity index (χ1v) is 8.64. The fourth-order valence-corrected chi connectivity index (χ4v) is 4.05. The van der Waals surface area contributed by atoms with E-state index in [4.69, 9.17) is 0 Å². The highest BCUT2D eigenvalue weighted by molar-refractivity contribution is 5.83. The molecule has 1 heterocycles. The summed E-state index contributed by atoms with van der Waals surface area (Å²) in [7, 11) is 1.89. The van der Waals surface area contributed by atoms with Gasteiger partial charge in [0.05, 0.1) is 11.7 Å². The number of benzene rings is 1. The summed E-state index contributed by atoms with van der Waals surface area (Å²) >= 11 is 0. The summed E-state index contributed by atoms with van der Waals surface area (Å²) in [6, 6.07) is 6.59. The number of carbonyl (C=O) groups excluding carboxylic acids is 1. The molecule has 1 aromatic carbocycles. The van der Waals surface area contributed by atoms with Gasteiger partial charge in [-0.15, -0.1) is 0 Å². The van der Waals surface area contributed by atoms with Gasteiger partial charge in [0.1, 0.15) is 5.82 Å². The van der Waals surface area contributed by atoms with Crippen LogP contribution in [0.25, 0.3) is 0 Å². The van der Waals surface area contributed by atoms with E-state index >= 15 is 0 Å². The molecule has 4 nitrogen and oxygen atoms in total. The van der Waals surface area contributed by atoms with Crippen molar-refractivity contribution in [3.8, 4) is 0 Å². The molecule has 0 unspecified atom stereocenters. The molecule has 4 rings (SSSR count). The minimum Gasteiger partial charge on any atom is -0.346 e. The molecule has 24 heavy (non-hydrogen) atoms. The number of rotatable bonds is 4. The van der Waals surface area contributed by atoms with Crippen LogP contribution in [-0.2, 0) is 17.4 Å². The normalized spacial score (nSPS) is 24.8. The first-order valence-electron chi connectivity index (χ1n) is 8.64. The molecule has 2 aliphatic carbocycles. The van der Waals surface area contributed by atoms with E-state index in [1.807, 2.05) is 31.6 Å². The number of nitrogens with zero attached hydrogens (tertiary/aromatic N) is 2. The molecule has 1 amide bonds. The lowest BCUT2D eigenvalue weighted by Gasteiger charge is -2.31. The van der Waals surface area contributed by atoms with Crippen LogP contribution in [0.4, 0.5) is 4.39 Å². The van der Waals surface area contributed by atoms with E-state index in [1.54, 1.807) is 4.68 Å². The van der Waals surface area contributed by atoms with Gasteiger partial charge < -0.3 is 5.32 Å². The lowest BCUT2D eigenvalue weighted by Crippen LogP contribution is -2.44. The third-order valence-electron chi connectivity index (χ3n) is 5.50. The van der Waals surface area contributed by atoms with Crippen molar-refractivity contribution in [2.45, 2.75) is 43.6 Å². The highest BCUT2D eigenvalue weighted by atomic mass is 19.1. The van der Waals surface area contributed by atoms with Gasteiger partial charge in [0, 0.05) is 19.2 Å². The van der Waals surface area contributed by atoms with E-state index in [0.717, 1.165) is 43.2 Å². The molecule has 0 bridgehead atoms. The van der Waals surface area contributed by atoms with Crippen LogP contribution < -0.4 is 5.32 Å². The quantitative estimate of drug-likeness (QED) is 0.937. The predicted molar refractivity (Wildman–Crippen MR) is 88.7 cm³/mol. The van der Waals surface area contributed by atoms with Crippen LogP contribution in [0.5, 0.6) is 0 Å². The van der Waals surface area contributed by atoms with E-state index in [-0.39, 0.29) is 29.1 Å². The number of hydrogen-bond donors (Lipinski definition) is 1. The zero-order valence-electron chi connectivity index (χ0n) is 13.8. The van der Waals surface area contributed by atoms with Crippen molar-refractivity contribution in [2.75, 3.05) is 0 Å². The number of aryl methyl sites for hydroxylation is 1. The van der Waals surface area contributed by atoms with Crippen LogP contribution in [0.15, 0.2) is 36.7 Å². The van der Waals surface area contributed by atoms with E-state index in [1.165, 1.54) is 12.1 Å². The Labute approximate surface area is 141 Å². The number of aromatic nitrogens is 2. The molecule has 2 aromatic rings. The first kappa shape index (κ1) is 15.4. The average Bonchev–Trinajstić information content (AvgIpc) is 3.03. The summed E-state index contributed by atoms with van der Waals surface area (Å²) in [6.07, 6.45) is 8.76. The van der Waals surface area contributed by atoms with Crippen molar-refractivity contribution in [2.24, 2.45) is 13.0 Å². The summed E-state index contributed by atoms with van der Waals surface area (Å²) in [5.41, 5.74) is 1.83. The molecule has 0 aliphatic heterocycles.